The van der Waals surface area contributed by atoms with E-state index in [-0.39, 0.29) is 22.2 Å². The van der Waals surface area contributed by atoms with Crippen LogP contribution in [0.25, 0.3) is 0 Å². The molecule has 0 saturated carbocycles. The summed E-state index contributed by atoms with van der Waals surface area (Å²) in [7, 11) is 0. The number of aliphatic hydroxyl groups is 1. The molecule has 0 aliphatic rings. The average Bonchev–Trinajstić information content (AvgIpc) is 2.16. The molecule has 1 atom stereocenters. The summed E-state index contributed by atoms with van der Waals surface area (Å²) in [6, 6.07) is 5.13. The van der Waals surface area contributed by atoms with Gasteiger partial charge in [0.1, 0.15) is 6.10 Å². The lowest BCUT2D eigenvalue weighted by Crippen LogP contribution is -2.07. The van der Waals surface area contributed by atoms with Gasteiger partial charge in [-0.2, -0.15) is 8.78 Å². The van der Waals surface area contributed by atoms with Crippen molar-refractivity contribution in [2.24, 2.45) is 0 Å². The lowest BCUT2D eigenvalue weighted by Gasteiger charge is -2.10. The van der Waals surface area contributed by atoms with Crippen molar-refractivity contribution in [3.8, 4) is 0 Å². The highest BCUT2D eigenvalue weighted by Crippen LogP contribution is 2.28. The number of alkyl halides is 4. The number of hydrogen-bond donors (Lipinski definition) is 1. The molecule has 0 spiro atoms. The van der Waals surface area contributed by atoms with Gasteiger partial charge in [0.2, 0.25) is 0 Å². The number of thioether (sulfide) groups is 1. The van der Waals surface area contributed by atoms with Crippen LogP contribution in [0.4, 0.5) is 17.6 Å². The topological polar surface area (TPSA) is 20.2 Å². The maximum absolute atomic E-state index is 12.1. The van der Waals surface area contributed by atoms with Crippen molar-refractivity contribution >= 4 is 11.8 Å². The minimum Gasteiger partial charge on any atom is -0.382 e. The van der Waals surface area contributed by atoms with Crippen LogP contribution in [0.15, 0.2) is 29.2 Å². The van der Waals surface area contributed by atoms with Gasteiger partial charge in [0.05, 0.1) is 0 Å². The molecule has 84 valence electrons. The summed E-state index contributed by atoms with van der Waals surface area (Å²) in [6.07, 6.45) is -4.85. The summed E-state index contributed by atoms with van der Waals surface area (Å²) in [6.45, 7) is 0. The van der Waals surface area contributed by atoms with Gasteiger partial charge in [-0.15, -0.1) is 0 Å². The predicted octanol–water partition coefficient (Wildman–Crippen LogP) is 3.30. The molecule has 1 aromatic carbocycles. The van der Waals surface area contributed by atoms with Crippen molar-refractivity contribution in [2.75, 3.05) is 0 Å². The monoisotopic (exact) mass is 240 g/mol. The third-order valence-corrected chi connectivity index (χ3v) is 2.37. The molecule has 15 heavy (non-hydrogen) atoms. The normalized spacial score (nSPS) is 13.5. The van der Waals surface area contributed by atoms with Gasteiger partial charge in [0.25, 0.3) is 12.2 Å². The summed E-state index contributed by atoms with van der Waals surface area (Å²) >= 11 is 0.252. The second-order valence-corrected chi connectivity index (χ2v) is 3.79. The third kappa shape index (κ3) is 3.71. The minimum absolute atomic E-state index is 0.0596. The van der Waals surface area contributed by atoms with Crippen LogP contribution in [-0.2, 0) is 0 Å². The van der Waals surface area contributed by atoms with Crippen LogP contribution in [0, 0.1) is 0 Å². The fourth-order valence-electron chi connectivity index (χ4n) is 1.02. The Balaban J connectivity index is 2.82. The van der Waals surface area contributed by atoms with Gasteiger partial charge in [-0.05, 0) is 17.7 Å². The first-order valence-corrected chi connectivity index (χ1v) is 4.89. The molecule has 0 fully saturated rings. The third-order valence-electron chi connectivity index (χ3n) is 1.66. The van der Waals surface area contributed by atoms with E-state index in [9.17, 15) is 17.6 Å². The van der Waals surface area contributed by atoms with Crippen LogP contribution < -0.4 is 0 Å². The molecule has 0 aromatic heterocycles. The van der Waals surface area contributed by atoms with E-state index in [1.54, 1.807) is 0 Å². The Hall–Kier alpha value is -0.750. The molecule has 0 aliphatic carbocycles. The highest BCUT2D eigenvalue weighted by molar-refractivity contribution is 7.99. The number of benzene rings is 1. The number of hydrogen-bond acceptors (Lipinski definition) is 2. The van der Waals surface area contributed by atoms with E-state index < -0.39 is 18.3 Å². The van der Waals surface area contributed by atoms with Gasteiger partial charge in [-0.25, -0.2) is 8.78 Å². The molecular formula is C9H8F4OS. The Morgan fingerprint density at radius 2 is 1.80 bits per heavy atom. The molecule has 0 radical (unpaired) electrons. The molecule has 1 N–H and O–H groups in total. The largest absolute Gasteiger partial charge is 0.382 e. The zero-order chi connectivity index (χ0) is 11.4. The zero-order valence-corrected chi connectivity index (χ0v) is 8.23. The summed E-state index contributed by atoms with van der Waals surface area (Å²) in [5.41, 5.74) is -0.0596. The summed E-state index contributed by atoms with van der Waals surface area (Å²) in [4.78, 5) is 0.155. The number of rotatable bonds is 4. The molecule has 1 rings (SSSR count). The van der Waals surface area contributed by atoms with E-state index in [1.165, 1.54) is 18.2 Å². The molecule has 1 nitrogen and oxygen atoms in total. The van der Waals surface area contributed by atoms with Crippen LogP contribution in [0.2, 0.25) is 0 Å². The van der Waals surface area contributed by atoms with E-state index in [2.05, 4.69) is 0 Å². The standard InChI is InChI=1S/C9H8F4OS/c10-8(11)7(14)5-2-1-3-6(4-5)15-9(12)13/h1-4,7-9,14H. The highest BCUT2D eigenvalue weighted by Gasteiger charge is 2.19. The van der Waals surface area contributed by atoms with Crippen molar-refractivity contribution in [3.05, 3.63) is 29.8 Å². The maximum Gasteiger partial charge on any atom is 0.288 e. The SMILES string of the molecule is OC(c1cccc(SC(F)F)c1)C(F)F. The van der Waals surface area contributed by atoms with E-state index in [4.69, 9.17) is 5.11 Å². The fourth-order valence-corrected chi connectivity index (χ4v) is 1.59. The molecule has 0 aliphatic heterocycles. The quantitative estimate of drug-likeness (QED) is 0.643. The molecule has 0 heterocycles. The molecular weight excluding hydrogens is 232 g/mol. The molecule has 0 amide bonds. The average molecular weight is 240 g/mol. The van der Waals surface area contributed by atoms with Crippen LogP contribution in [-0.4, -0.2) is 17.3 Å². The highest BCUT2D eigenvalue weighted by atomic mass is 32.2. The molecule has 0 saturated heterocycles. The van der Waals surface area contributed by atoms with Crippen molar-refractivity contribution in [1.82, 2.24) is 0 Å². The Labute approximate surface area is 88.1 Å². The van der Waals surface area contributed by atoms with Gasteiger partial charge in [0.15, 0.2) is 0 Å². The zero-order valence-electron chi connectivity index (χ0n) is 7.41. The molecule has 0 bridgehead atoms. The van der Waals surface area contributed by atoms with E-state index in [1.807, 2.05) is 0 Å². The number of aliphatic hydroxyl groups excluding tert-OH is 1. The summed E-state index contributed by atoms with van der Waals surface area (Å²) < 4.78 is 48.1. The summed E-state index contributed by atoms with van der Waals surface area (Å²) in [5.74, 6) is -2.61. The van der Waals surface area contributed by atoms with E-state index >= 15 is 0 Å². The summed E-state index contributed by atoms with van der Waals surface area (Å²) in [5, 5.41) is 9.01. The first kappa shape index (κ1) is 12.3. The Bertz CT molecular complexity index is 319. The van der Waals surface area contributed by atoms with Gasteiger partial charge in [-0.3, -0.25) is 0 Å². The van der Waals surface area contributed by atoms with E-state index in [0.717, 1.165) is 6.07 Å². The minimum atomic E-state index is -2.92. The lowest BCUT2D eigenvalue weighted by atomic mass is 10.1. The molecule has 1 aromatic rings. The van der Waals surface area contributed by atoms with Gasteiger partial charge in [0, 0.05) is 4.90 Å². The van der Waals surface area contributed by atoms with Crippen LogP contribution >= 0.6 is 11.8 Å². The van der Waals surface area contributed by atoms with Gasteiger partial charge in [-0.1, -0.05) is 23.9 Å². The Morgan fingerprint density at radius 3 is 2.33 bits per heavy atom. The van der Waals surface area contributed by atoms with Crippen molar-refractivity contribution in [2.45, 2.75) is 23.2 Å². The van der Waals surface area contributed by atoms with Crippen LogP contribution in [0.3, 0.4) is 0 Å². The van der Waals surface area contributed by atoms with Gasteiger partial charge < -0.3 is 5.11 Å². The molecule has 6 heteroatoms. The lowest BCUT2D eigenvalue weighted by molar-refractivity contribution is -0.00589. The smallest absolute Gasteiger partial charge is 0.288 e. The van der Waals surface area contributed by atoms with Crippen molar-refractivity contribution in [1.29, 1.82) is 0 Å². The Morgan fingerprint density at radius 1 is 1.13 bits per heavy atom. The van der Waals surface area contributed by atoms with Crippen LogP contribution in [0.5, 0.6) is 0 Å². The second-order valence-electron chi connectivity index (χ2n) is 2.73. The second kappa shape index (κ2) is 5.37. The van der Waals surface area contributed by atoms with E-state index in [0.29, 0.717) is 0 Å². The van der Waals surface area contributed by atoms with Crippen molar-refractivity contribution < 1.29 is 22.7 Å². The number of halogens is 4. The molecule has 1 unspecified atom stereocenters. The fraction of sp³-hybridized carbons (Fsp3) is 0.333. The Kier molecular flexibility index (Phi) is 4.41. The first-order valence-electron chi connectivity index (χ1n) is 4.01. The van der Waals surface area contributed by atoms with Gasteiger partial charge >= 0.3 is 0 Å². The first-order chi connectivity index (χ1) is 7.00. The van der Waals surface area contributed by atoms with Crippen LogP contribution in [0.1, 0.15) is 11.7 Å². The predicted molar refractivity (Wildman–Crippen MR) is 49.3 cm³/mol. The maximum atomic E-state index is 12.1. The van der Waals surface area contributed by atoms with Crippen molar-refractivity contribution in [3.63, 3.8) is 0 Å².